The van der Waals surface area contributed by atoms with Crippen molar-refractivity contribution in [1.82, 2.24) is 4.72 Å². The minimum atomic E-state index is -3.84. The number of nitrogens with one attached hydrogen (secondary N) is 1. The second-order valence-corrected chi connectivity index (χ2v) is 9.47. The third-order valence-electron chi connectivity index (χ3n) is 4.26. The molecule has 1 atom stereocenters. The average Bonchev–Trinajstić information content (AvgIpc) is 2.60. The highest BCUT2D eigenvalue weighted by atomic mass is 35.5. The van der Waals surface area contributed by atoms with Crippen molar-refractivity contribution in [3.8, 4) is 0 Å². The first-order chi connectivity index (χ1) is 12.5. The number of esters is 1. The predicted octanol–water partition coefficient (Wildman–Crippen LogP) is 4.46. The first kappa shape index (κ1) is 21.4. The molecule has 0 saturated carbocycles. The van der Waals surface area contributed by atoms with Gasteiger partial charge in [0.15, 0.2) is 0 Å². The molecule has 2 aromatic carbocycles. The van der Waals surface area contributed by atoms with Gasteiger partial charge in [0, 0.05) is 6.04 Å². The molecular formula is C20H24ClNO4S. The summed E-state index contributed by atoms with van der Waals surface area (Å²) in [6.45, 7) is 8.12. The first-order valence-electron chi connectivity index (χ1n) is 8.46. The van der Waals surface area contributed by atoms with E-state index in [1.807, 2.05) is 24.3 Å². The second-order valence-electron chi connectivity index (χ2n) is 7.35. The highest BCUT2D eigenvalue weighted by Crippen LogP contribution is 2.26. The average molecular weight is 410 g/mol. The molecule has 0 fully saturated rings. The van der Waals surface area contributed by atoms with Crippen LogP contribution in [0.4, 0.5) is 0 Å². The molecule has 0 radical (unpaired) electrons. The number of carbonyl (C=O) groups is 1. The van der Waals surface area contributed by atoms with Gasteiger partial charge in [-0.05, 0) is 41.7 Å². The third-order valence-corrected chi connectivity index (χ3v) is 6.13. The first-order valence-corrected chi connectivity index (χ1v) is 10.3. The fourth-order valence-corrected chi connectivity index (χ4v) is 4.03. The van der Waals surface area contributed by atoms with Crippen LogP contribution in [-0.2, 0) is 20.2 Å². The Hall–Kier alpha value is -1.89. The standard InChI is InChI=1S/C20H24ClNO4S/c1-13(14-6-8-15(9-7-14)20(2,3)4)22-27(24,25)16-10-11-18(21)17(12-16)19(23)26-5/h6-13,22H,1-5H3. The van der Waals surface area contributed by atoms with E-state index < -0.39 is 22.0 Å². The topological polar surface area (TPSA) is 72.5 Å². The van der Waals surface area contributed by atoms with Gasteiger partial charge in [0.1, 0.15) is 0 Å². The minimum absolute atomic E-state index is 0.00391. The molecule has 0 amide bonds. The third kappa shape index (κ3) is 5.09. The van der Waals surface area contributed by atoms with Crippen molar-refractivity contribution >= 4 is 27.6 Å². The fourth-order valence-electron chi connectivity index (χ4n) is 2.58. The Morgan fingerprint density at radius 2 is 1.70 bits per heavy atom. The zero-order valence-corrected chi connectivity index (χ0v) is 17.6. The Kier molecular flexibility index (Phi) is 6.35. The van der Waals surface area contributed by atoms with Crippen LogP contribution in [0, 0.1) is 0 Å². The summed E-state index contributed by atoms with van der Waals surface area (Å²) < 4.78 is 32.7. The second kappa shape index (κ2) is 8.00. The number of hydrogen-bond donors (Lipinski definition) is 1. The lowest BCUT2D eigenvalue weighted by atomic mass is 9.86. The van der Waals surface area contributed by atoms with Gasteiger partial charge in [-0.1, -0.05) is 56.6 Å². The molecule has 7 heteroatoms. The number of carbonyl (C=O) groups excluding carboxylic acids is 1. The number of sulfonamides is 1. The van der Waals surface area contributed by atoms with E-state index >= 15 is 0 Å². The molecule has 0 aliphatic carbocycles. The normalized spacial score (nSPS) is 13.3. The Balaban J connectivity index is 2.27. The molecule has 0 bridgehead atoms. The highest BCUT2D eigenvalue weighted by molar-refractivity contribution is 7.89. The zero-order chi connectivity index (χ0) is 20.4. The highest BCUT2D eigenvalue weighted by Gasteiger charge is 2.22. The molecule has 27 heavy (non-hydrogen) atoms. The van der Waals surface area contributed by atoms with Gasteiger partial charge in [-0.3, -0.25) is 0 Å². The van der Waals surface area contributed by atoms with Crippen molar-refractivity contribution in [3.63, 3.8) is 0 Å². The lowest BCUT2D eigenvalue weighted by Gasteiger charge is -2.21. The summed E-state index contributed by atoms with van der Waals surface area (Å²) in [4.78, 5) is 11.7. The Morgan fingerprint density at radius 1 is 1.11 bits per heavy atom. The van der Waals surface area contributed by atoms with E-state index in [1.54, 1.807) is 6.92 Å². The van der Waals surface area contributed by atoms with Gasteiger partial charge in [0.05, 0.1) is 22.6 Å². The van der Waals surface area contributed by atoms with Gasteiger partial charge in [-0.25, -0.2) is 17.9 Å². The Bertz CT molecular complexity index is 931. The van der Waals surface area contributed by atoms with Crippen molar-refractivity contribution in [3.05, 3.63) is 64.2 Å². The number of rotatable bonds is 5. The van der Waals surface area contributed by atoms with Crippen LogP contribution in [0.25, 0.3) is 0 Å². The summed E-state index contributed by atoms with van der Waals surface area (Å²) in [7, 11) is -2.63. The molecule has 2 aromatic rings. The molecule has 0 aromatic heterocycles. The summed E-state index contributed by atoms with van der Waals surface area (Å²) in [6.07, 6.45) is 0. The van der Waals surface area contributed by atoms with Crippen LogP contribution in [0.3, 0.4) is 0 Å². The largest absolute Gasteiger partial charge is 0.465 e. The smallest absolute Gasteiger partial charge is 0.339 e. The van der Waals surface area contributed by atoms with Crippen LogP contribution in [0.15, 0.2) is 47.4 Å². The van der Waals surface area contributed by atoms with E-state index in [0.29, 0.717) is 0 Å². The Morgan fingerprint density at radius 3 is 2.22 bits per heavy atom. The van der Waals surface area contributed by atoms with Gasteiger partial charge in [-0.2, -0.15) is 0 Å². The van der Waals surface area contributed by atoms with Crippen molar-refractivity contribution in [2.24, 2.45) is 0 Å². The molecule has 0 aliphatic heterocycles. The maximum Gasteiger partial charge on any atom is 0.339 e. The fraction of sp³-hybridized carbons (Fsp3) is 0.350. The summed E-state index contributed by atoms with van der Waals surface area (Å²) in [5, 5.41) is 0.131. The van der Waals surface area contributed by atoms with Crippen LogP contribution >= 0.6 is 11.6 Å². The van der Waals surface area contributed by atoms with E-state index in [4.69, 9.17) is 11.6 Å². The van der Waals surface area contributed by atoms with E-state index in [1.165, 1.54) is 30.9 Å². The molecule has 146 valence electrons. The summed E-state index contributed by atoms with van der Waals surface area (Å²) in [5.41, 5.74) is 2.04. The van der Waals surface area contributed by atoms with Crippen LogP contribution < -0.4 is 4.72 Å². The SMILES string of the molecule is COC(=O)c1cc(S(=O)(=O)NC(C)c2ccc(C(C)(C)C)cc2)ccc1Cl. The van der Waals surface area contributed by atoms with Gasteiger partial charge in [0.2, 0.25) is 10.0 Å². The molecule has 2 rings (SSSR count). The van der Waals surface area contributed by atoms with E-state index in [0.717, 1.165) is 5.56 Å². The number of halogens is 1. The Labute approximate surface area is 165 Å². The van der Waals surface area contributed by atoms with Crippen molar-refractivity contribution in [1.29, 1.82) is 0 Å². The zero-order valence-electron chi connectivity index (χ0n) is 16.0. The van der Waals surface area contributed by atoms with E-state index in [-0.39, 0.29) is 20.9 Å². The van der Waals surface area contributed by atoms with E-state index in [2.05, 4.69) is 30.2 Å². The molecule has 0 heterocycles. The van der Waals surface area contributed by atoms with Crippen LogP contribution in [0.5, 0.6) is 0 Å². The minimum Gasteiger partial charge on any atom is -0.465 e. The number of methoxy groups -OCH3 is 1. The maximum atomic E-state index is 12.7. The van der Waals surface area contributed by atoms with Crippen LogP contribution in [0.2, 0.25) is 5.02 Å². The number of ether oxygens (including phenoxy) is 1. The van der Waals surface area contributed by atoms with Crippen molar-refractivity contribution in [2.45, 2.75) is 44.0 Å². The quantitative estimate of drug-likeness (QED) is 0.740. The molecule has 0 spiro atoms. The maximum absolute atomic E-state index is 12.7. The molecule has 0 aliphatic rings. The summed E-state index contributed by atoms with van der Waals surface area (Å²) in [6, 6.07) is 11.3. The van der Waals surface area contributed by atoms with Gasteiger partial charge in [-0.15, -0.1) is 0 Å². The van der Waals surface area contributed by atoms with Crippen molar-refractivity contribution in [2.75, 3.05) is 7.11 Å². The summed E-state index contributed by atoms with van der Waals surface area (Å²) >= 11 is 5.96. The molecule has 5 nitrogen and oxygen atoms in total. The molecule has 1 unspecified atom stereocenters. The molecule has 0 saturated heterocycles. The number of hydrogen-bond acceptors (Lipinski definition) is 4. The van der Waals surface area contributed by atoms with E-state index in [9.17, 15) is 13.2 Å². The van der Waals surface area contributed by atoms with Crippen LogP contribution in [-0.4, -0.2) is 21.5 Å². The van der Waals surface area contributed by atoms with Crippen LogP contribution in [0.1, 0.15) is 55.2 Å². The lowest BCUT2D eigenvalue weighted by molar-refractivity contribution is 0.0600. The monoisotopic (exact) mass is 409 g/mol. The molecular weight excluding hydrogens is 386 g/mol. The molecule has 1 N–H and O–H groups in total. The number of benzene rings is 2. The van der Waals surface area contributed by atoms with Gasteiger partial charge >= 0.3 is 5.97 Å². The van der Waals surface area contributed by atoms with Gasteiger partial charge < -0.3 is 4.74 Å². The van der Waals surface area contributed by atoms with Crippen molar-refractivity contribution < 1.29 is 17.9 Å². The summed E-state index contributed by atoms with van der Waals surface area (Å²) in [5.74, 6) is -0.692. The lowest BCUT2D eigenvalue weighted by Crippen LogP contribution is -2.27. The van der Waals surface area contributed by atoms with Gasteiger partial charge in [0.25, 0.3) is 0 Å². The predicted molar refractivity (Wildman–Crippen MR) is 107 cm³/mol.